The van der Waals surface area contributed by atoms with Crippen molar-refractivity contribution in [2.24, 2.45) is 5.73 Å². The van der Waals surface area contributed by atoms with Gasteiger partial charge in [0.25, 0.3) is 0 Å². The fraction of sp³-hybridized carbons (Fsp3) is 0.364. The van der Waals surface area contributed by atoms with Crippen LogP contribution in [0.4, 0.5) is 4.39 Å². The van der Waals surface area contributed by atoms with Crippen molar-refractivity contribution in [3.63, 3.8) is 0 Å². The fourth-order valence-corrected chi connectivity index (χ4v) is 1.20. The van der Waals surface area contributed by atoms with E-state index in [4.69, 9.17) is 15.7 Å². The highest BCUT2D eigenvalue weighted by atomic mass is 19.1. The Kier molecular flexibility index (Phi) is 3.64. The molecule has 1 rings (SSSR count). The topological polar surface area (TPSA) is 59.0 Å². The SMILES string of the molecule is CC(C#N)Oc1ccc(F)cc1C(C)N. The molecular weight excluding hydrogens is 195 g/mol. The van der Waals surface area contributed by atoms with Crippen LogP contribution in [0.2, 0.25) is 0 Å². The molecule has 1 aromatic carbocycles. The average molecular weight is 208 g/mol. The Labute approximate surface area is 88.3 Å². The van der Waals surface area contributed by atoms with Crippen molar-refractivity contribution in [2.75, 3.05) is 0 Å². The van der Waals surface area contributed by atoms with E-state index in [1.54, 1.807) is 13.8 Å². The third kappa shape index (κ3) is 2.93. The van der Waals surface area contributed by atoms with Gasteiger partial charge in [-0.15, -0.1) is 0 Å². The monoisotopic (exact) mass is 208 g/mol. The fourth-order valence-electron chi connectivity index (χ4n) is 1.20. The van der Waals surface area contributed by atoms with Crippen LogP contribution in [-0.2, 0) is 0 Å². The molecule has 0 fully saturated rings. The number of rotatable bonds is 3. The van der Waals surface area contributed by atoms with Crippen molar-refractivity contribution >= 4 is 0 Å². The first-order valence-corrected chi connectivity index (χ1v) is 4.66. The van der Waals surface area contributed by atoms with Crippen molar-refractivity contribution in [1.29, 1.82) is 5.26 Å². The maximum absolute atomic E-state index is 13.0. The maximum atomic E-state index is 13.0. The van der Waals surface area contributed by atoms with E-state index in [0.717, 1.165) is 0 Å². The molecule has 0 saturated heterocycles. The molecule has 2 atom stereocenters. The predicted octanol–water partition coefficient (Wildman–Crippen LogP) is 2.14. The lowest BCUT2D eigenvalue weighted by Gasteiger charge is -2.15. The zero-order valence-electron chi connectivity index (χ0n) is 8.70. The summed E-state index contributed by atoms with van der Waals surface area (Å²) >= 11 is 0. The number of halogens is 1. The van der Waals surface area contributed by atoms with Crippen LogP contribution >= 0.6 is 0 Å². The van der Waals surface area contributed by atoms with E-state index in [2.05, 4.69) is 0 Å². The normalized spacial score (nSPS) is 14.1. The predicted molar refractivity (Wildman–Crippen MR) is 54.7 cm³/mol. The number of hydrogen-bond donors (Lipinski definition) is 1. The van der Waals surface area contributed by atoms with Gasteiger partial charge in [-0.3, -0.25) is 0 Å². The molecular formula is C11H13FN2O. The molecule has 0 spiro atoms. The molecule has 0 amide bonds. The van der Waals surface area contributed by atoms with E-state index in [1.807, 2.05) is 6.07 Å². The lowest BCUT2D eigenvalue weighted by atomic mass is 10.1. The molecule has 80 valence electrons. The Hall–Kier alpha value is -1.60. The Morgan fingerprint density at radius 2 is 2.13 bits per heavy atom. The molecule has 0 heterocycles. The second-order valence-electron chi connectivity index (χ2n) is 3.36. The number of benzene rings is 1. The quantitative estimate of drug-likeness (QED) is 0.827. The van der Waals surface area contributed by atoms with E-state index in [0.29, 0.717) is 11.3 Å². The lowest BCUT2D eigenvalue weighted by molar-refractivity contribution is 0.272. The van der Waals surface area contributed by atoms with Crippen LogP contribution in [0.15, 0.2) is 18.2 Å². The van der Waals surface area contributed by atoms with E-state index in [-0.39, 0.29) is 11.9 Å². The third-order valence-electron chi connectivity index (χ3n) is 1.95. The molecule has 1 aromatic rings. The van der Waals surface area contributed by atoms with Gasteiger partial charge in [-0.25, -0.2) is 4.39 Å². The first kappa shape index (κ1) is 11.5. The average Bonchev–Trinajstić information content (AvgIpc) is 2.20. The van der Waals surface area contributed by atoms with Crippen LogP contribution in [0.5, 0.6) is 5.75 Å². The minimum Gasteiger partial charge on any atom is -0.476 e. The number of nitrogens with zero attached hydrogens (tertiary/aromatic N) is 1. The number of nitriles is 1. The smallest absolute Gasteiger partial charge is 0.181 e. The molecule has 2 N–H and O–H groups in total. The third-order valence-corrected chi connectivity index (χ3v) is 1.95. The van der Waals surface area contributed by atoms with Crippen LogP contribution in [-0.4, -0.2) is 6.10 Å². The summed E-state index contributed by atoms with van der Waals surface area (Å²) in [5.74, 6) is 0.0970. The van der Waals surface area contributed by atoms with Crippen LogP contribution in [0, 0.1) is 17.1 Å². The first-order valence-electron chi connectivity index (χ1n) is 4.66. The maximum Gasteiger partial charge on any atom is 0.181 e. The number of nitrogens with two attached hydrogens (primary N) is 1. The second kappa shape index (κ2) is 4.76. The molecule has 0 saturated carbocycles. The Balaban J connectivity index is 3.02. The molecule has 0 radical (unpaired) electrons. The standard InChI is InChI=1S/C11H13FN2O/c1-7(6-13)15-11-4-3-9(12)5-10(11)8(2)14/h3-5,7-8H,14H2,1-2H3. The zero-order chi connectivity index (χ0) is 11.4. The summed E-state index contributed by atoms with van der Waals surface area (Å²) in [7, 11) is 0. The molecule has 4 heteroatoms. The highest BCUT2D eigenvalue weighted by Gasteiger charge is 2.11. The van der Waals surface area contributed by atoms with Crippen LogP contribution in [0.3, 0.4) is 0 Å². The summed E-state index contributed by atoms with van der Waals surface area (Å²) in [5.41, 5.74) is 6.24. The van der Waals surface area contributed by atoms with E-state index in [9.17, 15) is 4.39 Å². The van der Waals surface area contributed by atoms with Gasteiger partial charge >= 0.3 is 0 Å². The van der Waals surface area contributed by atoms with Gasteiger partial charge in [0.15, 0.2) is 6.10 Å². The molecule has 0 aliphatic rings. The van der Waals surface area contributed by atoms with Crippen molar-refractivity contribution < 1.29 is 9.13 Å². The minimum absolute atomic E-state index is 0.332. The Morgan fingerprint density at radius 1 is 1.47 bits per heavy atom. The van der Waals surface area contributed by atoms with Crippen LogP contribution in [0.1, 0.15) is 25.5 Å². The Bertz CT molecular complexity index is 385. The van der Waals surface area contributed by atoms with E-state index < -0.39 is 6.10 Å². The summed E-state index contributed by atoms with van der Waals surface area (Å²) in [5, 5.41) is 8.60. The van der Waals surface area contributed by atoms with Gasteiger partial charge in [0.2, 0.25) is 0 Å². The largest absolute Gasteiger partial charge is 0.476 e. The molecule has 2 unspecified atom stereocenters. The minimum atomic E-state index is -0.576. The molecule has 0 aliphatic carbocycles. The molecule has 0 aliphatic heterocycles. The molecule has 0 bridgehead atoms. The first-order chi connectivity index (χ1) is 7.04. The van der Waals surface area contributed by atoms with Gasteiger partial charge in [-0.05, 0) is 32.0 Å². The van der Waals surface area contributed by atoms with Gasteiger partial charge in [0, 0.05) is 11.6 Å². The summed E-state index contributed by atoms with van der Waals surface area (Å²) in [6, 6.07) is 5.70. The van der Waals surface area contributed by atoms with Crippen molar-refractivity contribution in [1.82, 2.24) is 0 Å². The highest BCUT2D eigenvalue weighted by Crippen LogP contribution is 2.25. The summed E-state index contributed by atoms with van der Waals surface area (Å²) in [6.45, 7) is 3.35. The molecule has 3 nitrogen and oxygen atoms in total. The van der Waals surface area contributed by atoms with Gasteiger partial charge in [0.05, 0.1) is 0 Å². The zero-order valence-corrected chi connectivity index (χ0v) is 8.70. The van der Waals surface area contributed by atoms with E-state index >= 15 is 0 Å². The Morgan fingerprint density at radius 3 is 2.67 bits per heavy atom. The summed E-state index contributed by atoms with van der Waals surface area (Å²) in [4.78, 5) is 0. The van der Waals surface area contributed by atoms with Gasteiger partial charge < -0.3 is 10.5 Å². The summed E-state index contributed by atoms with van der Waals surface area (Å²) in [6.07, 6.45) is -0.576. The lowest BCUT2D eigenvalue weighted by Crippen LogP contribution is -2.13. The van der Waals surface area contributed by atoms with Gasteiger partial charge in [-0.2, -0.15) is 5.26 Å². The second-order valence-corrected chi connectivity index (χ2v) is 3.36. The van der Waals surface area contributed by atoms with Crippen LogP contribution in [0.25, 0.3) is 0 Å². The number of ether oxygens (including phenoxy) is 1. The van der Waals surface area contributed by atoms with E-state index in [1.165, 1.54) is 18.2 Å². The molecule has 0 aromatic heterocycles. The van der Waals surface area contributed by atoms with Gasteiger partial charge in [-0.1, -0.05) is 0 Å². The number of hydrogen-bond acceptors (Lipinski definition) is 3. The van der Waals surface area contributed by atoms with Crippen molar-refractivity contribution in [2.45, 2.75) is 26.0 Å². The van der Waals surface area contributed by atoms with Gasteiger partial charge in [0.1, 0.15) is 17.6 Å². The van der Waals surface area contributed by atoms with Crippen molar-refractivity contribution in [3.8, 4) is 11.8 Å². The molecule has 15 heavy (non-hydrogen) atoms. The summed E-state index contributed by atoms with van der Waals surface area (Å²) < 4.78 is 18.3. The van der Waals surface area contributed by atoms with Crippen molar-refractivity contribution in [3.05, 3.63) is 29.6 Å². The van der Waals surface area contributed by atoms with Crippen LogP contribution < -0.4 is 10.5 Å². The highest BCUT2D eigenvalue weighted by molar-refractivity contribution is 5.36.